The number of carbonyl (C=O) groups excluding carboxylic acids is 1. The van der Waals surface area contributed by atoms with Gasteiger partial charge in [-0.3, -0.25) is 9.69 Å². The summed E-state index contributed by atoms with van der Waals surface area (Å²) in [5.41, 5.74) is 5.46. The zero-order valence-corrected chi connectivity index (χ0v) is 12.9. The fourth-order valence-corrected chi connectivity index (χ4v) is 2.56. The monoisotopic (exact) mass is 270 g/mol. The Balaban J connectivity index is 2.36. The van der Waals surface area contributed by atoms with Crippen LogP contribution in [0.5, 0.6) is 0 Å². The number of rotatable bonds is 7. The maximum Gasteiger partial charge on any atom is 0.235 e. The van der Waals surface area contributed by atoms with Gasteiger partial charge in [-0.1, -0.05) is 27.7 Å². The van der Waals surface area contributed by atoms with Gasteiger partial charge in [0.2, 0.25) is 5.91 Å². The van der Waals surface area contributed by atoms with Gasteiger partial charge in [0.15, 0.2) is 0 Å². The molecule has 1 heterocycles. The average Bonchev–Trinajstić information content (AvgIpc) is 2.29. The first-order chi connectivity index (χ1) is 8.88. The van der Waals surface area contributed by atoms with Crippen molar-refractivity contribution in [2.45, 2.75) is 39.8 Å². The lowest BCUT2D eigenvalue weighted by atomic mass is 10.1. The Bertz CT molecular complexity index is 273. The summed E-state index contributed by atoms with van der Waals surface area (Å²) in [6.45, 7) is 14.7. The molecule has 1 fully saturated rings. The SMILES string of the molecule is CC(C)CN1CCN(CC(NC(C)C)C(N)=O)CC1. The summed E-state index contributed by atoms with van der Waals surface area (Å²) < 4.78 is 0. The highest BCUT2D eigenvalue weighted by Gasteiger charge is 2.23. The summed E-state index contributed by atoms with van der Waals surface area (Å²) in [6.07, 6.45) is 0. The molecular weight excluding hydrogens is 240 g/mol. The van der Waals surface area contributed by atoms with Crippen molar-refractivity contribution in [1.82, 2.24) is 15.1 Å². The van der Waals surface area contributed by atoms with Crippen LogP contribution in [-0.4, -0.2) is 67.1 Å². The highest BCUT2D eigenvalue weighted by atomic mass is 16.1. The normalized spacial score (nSPS) is 20.1. The van der Waals surface area contributed by atoms with Crippen LogP contribution in [0.25, 0.3) is 0 Å². The highest BCUT2D eigenvalue weighted by molar-refractivity contribution is 5.80. The molecule has 1 atom stereocenters. The van der Waals surface area contributed by atoms with Crippen molar-refractivity contribution >= 4 is 5.91 Å². The van der Waals surface area contributed by atoms with Crippen LogP contribution < -0.4 is 11.1 Å². The first-order valence-electron chi connectivity index (χ1n) is 7.38. The molecule has 5 heteroatoms. The molecule has 0 bridgehead atoms. The maximum absolute atomic E-state index is 11.4. The Kier molecular flexibility index (Phi) is 6.75. The minimum Gasteiger partial charge on any atom is -0.368 e. The van der Waals surface area contributed by atoms with Crippen molar-refractivity contribution in [3.8, 4) is 0 Å². The number of hydrogen-bond donors (Lipinski definition) is 2. The van der Waals surface area contributed by atoms with E-state index in [2.05, 4.69) is 29.0 Å². The zero-order chi connectivity index (χ0) is 14.4. The minimum atomic E-state index is -0.252. The van der Waals surface area contributed by atoms with Gasteiger partial charge in [0.1, 0.15) is 0 Å². The van der Waals surface area contributed by atoms with E-state index in [1.54, 1.807) is 0 Å². The van der Waals surface area contributed by atoms with E-state index in [0.717, 1.165) is 39.3 Å². The molecule has 112 valence electrons. The van der Waals surface area contributed by atoms with Gasteiger partial charge in [0, 0.05) is 45.3 Å². The smallest absolute Gasteiger partial charge is 0.235 e. The number of nitrogens with two attached hydrogens (primary N) is 1. The third-order valence-corrected chi connectivity index (χ3v) is 3.41. The average molecular weight is 270 g/mol. The Morgan fingerprint density at radius 1 is 1.05 bits per heavy atom. The number of piperazine rings is 1. The van der Waals surface area contributed by atoms with E-state index < -0.39 is 0 Å². The van der Waals surface area contributed by atoms with Crippen LogP contribution in [0.2, 0.25) is 0 Å². The molecule has 0 radical (unpaired) electrons. The van der Waals surface area contributed by atoms with E-state index in [0.29, 0.717) is 5.92 Å². The van der Waals surface area contributed by atoms with Gasteiger partial charge in [0.05, 0.1) is 6.04 Å². The largest absolute Gasteiger partial charge is 0.368 e. The van der Waals surface area contributed by atoms with Crippen LogP contribution in [0.4, 0.5) is 0 Å². The van der Waals surface area contributed by atoms with Crippen LogP contribution in [-0.2, 0) is 4.79 Å². The van der Waals surface area contributed by atoms with Crippen LogP contribution in [0, 0.1) is 5.92 Å². The molecule has 0 aromatic carbocycles. The van der Waals surface area contributed by atoms with Gasteiger partial charge in [-0.05, 0) is 5.92 Å². The molecule has 1 amide bonds. The summed E-state index contributed by atoms with van der Waals surface area (Å²) in [4.78, 5) is 16.3. The Labute approximate surface area is 117 Å². The Morgan fingerprint density at radius 2 is 1.53 bits per heavy atom. The van der Waals surface area contributed by atoms with E-state index >= 15 is 0 Å². The topological polar surface area (TPSA) is 61.6 Å². The first-order valence-corrected chi connectivity index (χ1v) is 7.38. The zero-order valence-electron chi connectivity index (χ0n) is 12.9. The second-order valence-electron chi connectivity index (χ2n) is 6.27. The van der Waals surface area contributed by atoms with Crippen LogP contribution in [0.15, 0.2) is 0 Å². The summed E-state index contributed by atoms with van der Waals surface area (Å²) in [5.74, 6) is 0.464. The fraction of sp³-hybridized carbons (Fsp3) is 0.929. The fourth-order valence-electron chi connectivity index (χ4n) is 2.56. The van der Waals surface area contributed by atoms with Gasteiger partial charge in [-0.25, -0.2) is 0 Å². The molecule has 0 saturated carbocycles. The molecule has 1 aliphatic rings. The number of amides is 1. The van der Waals surface area contributed by atoms with Crippen molar-refractivity contribution in [3.05, 3.63) is 0 Å². The van der Waals surface area contributed by atoms with Gasteiger partial charge < -0.3 is 16.0 Å². The molecule has 1 rings (SSSR count). The standard InChI is InChI=1S/C14H30N4O/c1-11(2)9-17-5-7-18(8-6-17)10-13(14(15)19)16-12(3)4/h11-13,16H,5-10H2,1-4H3,(H2,15,19). The summed E-state index contributed by atoms with van der Waals surface area (Å²) in [6, 6.07) is 0.0383. The van der Waals surface area contributed by atoms with E-state index in [4.69, 9.17) is 5.73 Å². The highest BCUT2D eigenvalue weighted by Crippen LogP contribution is 2.06. The number of nitrogens with zero attached hydrogens (tertiary/aromatic N) is 2. The molecule has 3 N–H and O–H groups in total. The van der Waals surface area contributed by atoms with Crippen LogP contribution >= 0.6 is 0 Å². The minimum absolute atomic E-state index is 0.239. The third-order valence-electron chi connectivity index (χ3n) is 3.41. The lowest BCUT2D eigenvalue weighted by molar-refractivity contribution is -0.120. The summed E-state index contributed by atoms with van der Waals surface area (Å²) in [7, 11) is 0. The van der Waals surface area contributed by atoms with Gasteiger partial charge in [0.25, 0.3) is 0 Å². The quantitative estimate of drug-likeness (QED) is 0.689. The van der Waals surface area contributed by atoms with Crippen LogP contribution in [0.1, 0.15) is 27.7 Å². The lowest BCUT2D eigenvalue weighted by Gasteiger charge is -2.37. The molecule has 1 saturated heterocycles. The molecule has 1 aliphatic heterocycles. The predicted molar refractivity (Wildman–Crippen MR) is 79.0 cm³/mol. The van der Waals surface area contributed by atoms with Crippen molar-refractivity contribution in [3.63, 3.8) is 0 Å². The Hall–Kier alpha value is -0.650. The number of carbonyl (C=O) groups is 1. The number of hydrogen-bond acceptors (Lipinski definition) is 4. The van der Waals surface area contributed by atoms with Gasteiger partial charge >= 0.3 is 0 Å². The van der Waals surface area contributed by atoms with Crippen LogP contribution in [0.3, 0.4) is 0 Å². The van der Waals surface area contributed by atoms with E-state index in [1.807, 2.05) is 13.8 Å². The lowest BCUT2D eigenvalue weighted by Crippen LogP contribution is -2.55. The first kappa shape index (κ1) is 16.4. The molecule has 1 unspecified atom stereocenters. The van der Waals surface area contributed by atoms with Gasteiger partial charge in [-0.2, -0.15) is 0 Å². The second kappa shape index (κ2) is 7.82. The van der Waals surface area contributed by atoms with Gasteiger partial charge in [-0.15, -0.1) is 0 Å². The molecule has 0 aromatic rings. The number of nitrogens with one attached hydrogen (secondary N) is 1. The molecular formula is C14H30N4O. The summed E-state index contributed by atoms with van der Waals surface area (Å²) >= 11 is 0. The Morgan fingerprint density at radius 3 is 1.89 bits per heavy atom. The van der Waals surface area contributed by atoms with E-state index in [1.165, 1.54) is 0 Å². The predicted octanol–water partition coefficient (Wildman–Crippen LogP) is 0.112. The van der Waals surface area contributed by atoms with E-state index in [9.17, 15) is 4.79 Å². The molecule has 19 heavy (non-hydrogen) atoms. The molecule has 5 nitrogen and oxygen atoms in total. The summed E-state index contributed by atoms with van der Waals surface area (Å²) in [5, 5.41) is 3.24. The molecule has 0 spiro atoms. The van der Waals surface area contributed by atoms with Crippen molar-refractivity contribution in [2.24, 2.45) is 11.7 Å². The van der Waals surface area contributed by atoms with Crippen molar-refractivity contribution < 1.29 is 4.79 Å². The van der Waals surface area contributed by atoms with E-state index in [-0.39, 0.29) is 18.0 Å². The number of primary amides is 1. The maximum atomic E-state index is 11.4. The van der Waals surface area contributed by atoms with Crippen molar-refractivity contribution in [1.29, 1.82) is 0 Å². The molecule has 0 aliphatic carbocycles. The third kappa shape index (κ3) is 6.36. The van der Waals surface area contributed by atoms with Crippen molar-refractivity contribution in [2.75, 3.05) is 39.3 Å². The second-order valence-corrected chi connectivity index (χ2v) is 6.27. The molecule has 0 aromatic heterocycles.